The van der Waals surface area contributed by atoms with E-state index in [1.165, 1.54) is 12.8 Å². The van der Waals surface area contributed by atoms with E-state index in [1.807, 2.05) is 25.1 Å². The maximum absolute atomic E-state index is 12.5. The fourth-order valence-corrected chi connectivity index (χ4v) is 3.82. The number of carbonyl (C=O) groups excluding carboxylic acids is 1. The zero-order chi connectivity index (χ0) is 20.4. The normalized spacial score (nSPS) is 18.0. The zero-order valence-corrected chi connectivity index (χ0v) is 17.4. The largest absolute Gasteiger partial charge is 0.454 e. The van der Waals surface area contributed by atoms with E-state index in [9.17, 15) is 4.79 Å². The van der Waals surface area contributed by atoms with Crippen LogP contribution in [0.15, 0.2) is 22.6 Å². The Bertz CT molecular complexity index is 871. The highest BCUT2D eigenvalue weighted by Gasteiger charge is 2.22. The van der Waals surface area contributed by atoms with Crippen LogP contribution in [0.1, 0.15) is 38.1 Å². The van der Waals surface area contributed by atoms with Crippen LogP contribution in [0.5, 0.6) is 11.5 Å². The molecular formula is C22H29N3O4. The third-order valence-electron chi connectivity index (χ3n) is 5.88. The first-order valence-electron chi connectivity index (χ1n) is 10.4. The van der Waals surface area contributed by atoms with Gasteiger partial charge in [-0.2, -0.15) is 0 Å². The molecule has 2 aromatic rings. The molecule has 0 bridgehead atoms. The second kappa shape index (κ2) is 8.45. The van der Waals surface area contributed by atoms with Gasteiger partial charge in [0, 0.05) is 18.2 Å². The number of hydrogen-bond acceptors (Lipinski definition) is 6. The number of likely N-dealkylation sites (tertiary alicyclic amines) is 1. The Morgan fingerprint density at radius 1 is 1.28 bits per heavy atom. The summed E-state index contributed by atoms with van der Waals surface area (Å²) in [6.07, 6.45) is 2.68. The second-order valence-electron chi connectivity index (χ2n) is 8.14. The number of fused-ring (bicyclic) bond motifs is 1. The quantitative estimate of drug-likeness (QED) is 0.804. The number of aromatic nitrogens is 1. The molecule has 156 valence electrons. The Balaban J connectivity index is 1.33. The van der Waals surface area contributed by atoms with Crippen LogP contribution >= 0.6 is 0 Å². The van der Waals surface area contributed by atoms with Crippen LogP contribution in [0, 0.1) is 12.8 Å². The summed E-state index contributed by atoms with van der Waals surface area (Å²) in [5, 5.41) is 3.05. The molecule has 0 radical (unpaired) electrons. The molecule has 7 nitrogen and oxygen atoms in total. The van der Waals surface area contributed by atoms with Crippen LogP contribution in [-0.4, -0.2) is 48.3 Å². The van der Waals surface area contributed by atoms with Gasteiger partial charge in [-0.15, -0.1) is 0 Å². The number of oxazole rings is 1. The van der Waals surface area contributed by atoms with E-state index < -0.39 is 0 Å². The van der Waals surface area contributed by atoms with Gasteiger partial charge in [-0.3, -0.25) is 9.69 Å². The van der Waals surface area contributed by atoms with Crippen molar-refractivity contribution in [3.8, 4) is 23.0 Å². The molecule has 4 rings (SSSR count). The monoisotopic (exact) mass is 399 g/mol. The van der Waals surface area contributed by atoms with E-state index in [0.29, 0.717) is 41.4 Å². The van der Waals surface area contributed by atoms with E-state index in [1.54, 1.807) is 0 Å². The number of hydrogen-bond donors (Lipinski definition) is 1. The molecule has 1 saturated heterocycles. The molecule has 1 fully saturated rings. The number of aryl methyl sites for hydroxylation is 1. The lowest BCUT2D eigenvalue weighted by Gasteiger charge is -2.35. The van der Waals surface area contributed by atoms with Crippen molar-refractivity contribution in [1.82, 2.24) is 15.2 Å². The van der Waals surface area contributed by atoms with Crippen molar-refractivity contribution in [3.63, 3.8) is 0 Å². The van der Waals surface area contributed by atoms with E-state index in [-0.39, 0.29) is 19.1 Å². The van der Waals surface area contributed by atoms with Gasteiger partial charge in [0.05, 0.1) is 12.1 Å². The van der Waals surface area contributed by atoms with Crippen molar-refractivity contribution < 1.29 is 18.7 Å². The summed E-state index contributed by atoms with van der Waals surface area (Å²) in [6.45, 7) is 9.42. The Morgan fingerprint density at radius 3 is 2.83 bits per heavy atom. The summed E-state index contributed by atoms with van der Waals surface area (Å²) in [4.78, 5) is 19.4. The van der Waals surface area contributed by atoms with Crippen LogP contribution < -0.4 is 14.8 Å². The lowest BCUT2D eigenvalue weighted by Crippen LogP contribution is -2.45. The molecule has 1 aromatic carbocycles. The smallest absolute Gasteiger partial charge is 0.231 e. The van der Waals surface area contributed by atoms with Crippen molar-refractivity contribution in [2.75, 3.05) is 26.4 Å². The molecule has 1 atom stereocenters. The third kappa shape index (κ3) is 4.56. The molecule has 2 aliphatic rings. The second-order valence-corrected chi connectivity index (χ2v) is 8.14. The van der Waals surface area contributed by atoms with Gasteiger partial charge in [0.2, 0.25) is 18.6 Å². The minimum atomic E-state index is -0.0316. The van der Waals surface area contributed by atoms with Gasteiger partial charge >= 0.3 is 0 Å². The predicted molar refractivity (Wildman–Crippen MR) is 109 cm³/mol. The van der Waals surface area contributed by atoms with Crippen LogP contribution in [0.3, 0.4) is 0 Å². The maximum atomic E-state index is 12.5. The molecular weight excluding hydrogens is 370 g/mol. The topological polar surface area (TPSA) is 76.8 Å². The van der Waals surface area contributed by atoms with Gasteiger partial charge < -0.3 is 19.2 Å². The van der Waals surface area contributed by atoms with E-state index >= 15 is 0 Å². The Kier molecular flexibility index (Phi) is 5.76. The Labute approximate surface area is 171 Å². The zero-order valence-electron chi connectivity index (χ0n) is 17.4. The van der Waals surface area contributed by atoms with Gasteiger partial charge in [0.1, 0.15) is 5.76 Å². The van der Waals surface area contributed by atoms with Gasteiger partial charge in [0.25, 0.3) is 0 Å². The van der Waals surface area contributed by atoms with Crippen molar-refractivity contribution in [2.24, 2.45) is 5.92 Å². The summed E-state index contributed by atoms with van der Waals surface area (Å²) in [5.74, 6) is 3.32. The van der Waals surface area contributed by atoms with Gasteiger partial charge in [-0.1, -0.05) is 6.92 Å². The number of carbonyl (C=O) groups is 1. The van der Waals surface area contributed by atoms with Gasteiger partial charge in [0.15, 0.2) is 11.5 Å². The predicted octanol–water partition coefficient (Wildman–Crippen LogP) is 3.16. The molecule has 29 heavy (non-hydrogen) atoms. The average Bonchev–Trinajstić information content (AvgIpc) is 3.32. The lowest BCUT2D eigenvalue weighted by atomic mass is 9.98. The summed E-state index contributed by atoms with van der Waals surface area (Å²) < 4.78 is 16.5. The fourth-order valence-electron chi connectivity index (χ4n) is 3.82. The van der Waals surface area contributed by atoms with Crippen molar-refractivity contribution in [1.29, 1.82) is 0 Å². The van der Waals surface area contributed by atoms with Crippen LogP contribution in [0.2, 0.25) is 0 Å². The van der Waals surface area contributed by atoms with Gasteiger partial charge in [-0.25, -0.2) is 4.98 Å². The standard InChI is InChI=1S/C22H29N3O4/c1-14-6-8-25(9-7-14)15(2)12-23-21(26)11-18-16(3)29-22(24-18)17-4-5-19-20(10-17)28-13-27-19/h4-5,10,14-15H,6-9,11-13H2,1-3H3,(H,23,26). The molecule has 1 amide bonds. The van der Waals surface area contributed by atoms with Crippen LogP contribution in [0.25, 0.3) is 11.5 Å². The fraction of sp³-hybridized carbons (Fsp3) is 0.545. The number of piperidine rings is 1. The first-order chi connectivity index (χ1) is 14.0. The number of amides is 1. The number of rotatable bonds is 6. The Morgan fingerprint density at radius 2 is 2.03 bits per heavy atom. The Hall–Kier alpha value is -2.54. The first kappa shape index (κ1) is 19.8. The summed E-state index contributed by atoms with van der Waals surface area (Å²) >= 11 is 0. The highest BCUT2D eigenvalue weighted by Crippen LogP contribution is 2.36. The highest BCUT2D eigenvalue weighted by atomic mass is 16.7. The molecule has 1 unspecified atom stereocenters. The highest BCUT2D eigenvalue weighted by molar-refractivity contribution is 5.78. The maximum Gasteiger partial charge on any atom is 0.231 e. The molecule has 1 aromatic heterocycles. The summed E-state index contributed by atoms with van der Waals surface area (Å²) in [5.41, 5.74) is 1.46. The van der Waals surface area contributed by atoms with Crippen LogP contribution in [-0.2, 0) is 11.2 Å². The van der Waals surface area contributed by atoms with E-state index in [0.717, 1.165) is 24.6 Å². The SMILES string of the molecule is Cc1oc(-c2ccc3c(c2)OCO3)nc1CC(=O)NCC(C)N1CCC(C)CC1. The molecule has 0 saturated carbocycles. The first-order valence-corrected chi connectivity index (χ1v) is 10.4. The minimum absolute atomic E-state index is 0.0316. The van der Waals surface area contributed by atoms with Gasteiger partial charge in [-0.05, 0) is 63.9 Å². The molecule has 0 spiro atoms. The molecule has 7 heteroatoms. The van der Waals surface area contributed by atoms with E-state index in [4.69, 9.17) is 13.9 Å². The lowest BCUT2D eigenvalue weighted by molar-refractivity contribution is -0.120. The summed E-state index contributed by atoms with van der Waals surface area (Å²) in [7, 11) is 0. The third-order valence-corrected chi connectivity index (χ3v) is 5.88. The van der Waals surface area contributed by atoms with Crippen molar-refractivity contribution in [2.45, 2.75) is 46.1 Å². The molecule has 0 aliphatic carbocycles. The van der Waals surface area contributed by atoms with Crippen LogP contribution in [0.4, 0.5) is 0 Å². The van der Waals surface area contributed by atoms with Crippen molar-refractivity contribution >= 4 is 5.91 Å². The number of ether oxygens (including phenoxy) is 2. The number of nitrogens with one attached hydrogen (secondary N) is 1. The number of benzene rings is 1. The van der Waals surface area contributed by atoms with E-state index in [2.05, 4.69) is 29.0 Å². The molecule has 3 heterocycles. The minimum Gasteiger partial charge on any atom is -0.454 e. The summed E-state index contributed by atoms with van der Waals surface area (Å²) in [6, 6.07) is 5.91. The molecule has 2 aliphatic heterocycles. The average molecular weight is 399 g/mol. The molecule has 1 N–H and O–H groups in total. The number of nitrogens with zero attached hydrogens (tertiary/aromatic N) is 2. The van der Waals surface area contributed by atoms with Crippen molar-refractivity contribution in [3.05, 3.63) is 29.7 Å².